The van der Waals surface area contributed by atoms with Gasteiger partial charge in [0.1, 0.15) is 5.75 Å². The van der Waals surface area contributed by atoms with E-state index in [9.17, 15) is 8.78 Å². The zero-order valence-electron chi connectivity index (χ0n) is 12.6. The number of ether oxygens (including phenoxy) is 1. The third-order valence-corrected chi connectivity index (χ3v) is 3.49. The summed E-state index contributed by atoms with van der Waals surface area (Å²) in [6.07, 6.45) is 0. The smallest absolute Gasteiger partial charge is 0.387 e. The molecule has 0 aliphatic heterocycles. The van der Waals surface area contributed by atoms with E-state index >= 15 is 0 Å². The number of benzene rings is 2. The number of thiocarbonyl (C=S) groups is 2. The number of nitrogens with one attached hydrogen (secondary N) is 4. The molecule has 0 heterocycles. The predicted octanol–water partition coefficient (Wildman–Crippen LogP) is 4.13. The molecule has 0 fully saturated rings. The number of hydrogen-bond acceptors (Lipinski definition) is 3. The van der Waals surface area contributed by atoms with E-state index in [1.54, 1.807) is 30.3 Å². The second-order valence-corrected chi connectivity index (χ2v) is 5.76. The maximum Gasteiger partial charge on any atom is 0.387 e. The molecule has 0 aliphatic carbocycles. The second-order valence-electron chi connectivity index (χ2n) is 4.54. The minimum atomic E-state index is -2.86. The maximum atomic E-state index is 12.1. The van der Waals surface area contributed by atoms with Crippen molar-refractivity contribution in [3.8, 4) is 5.75 Å². The summed E-state index contributed by atoms with van der Waals surface area (Å²) in [5.74, 6) is 0.0580. The number of alkyl halides is 2. The zero-order valence-corrected chi connectivity index (χ0v) is 14.9. The summed E-state index contributed by atoms with van der Waals surface area (Å²) in [7, 11) is 0. The van der Waals surface area contributed by atoms with Gasteiger partial charge in [-0.3, -0.25) is 10.9 Å². The minimum Gasteiger partial charge on any atom is -0.435 e. The molecule has 5 nitrogen and oxygen atoms in total. The number of halogens is 3. The molecule has 0 bridgehead atoms. The highest BCUT2D eigenvalue weighted by molar-refractivity contribution is 7.81. The Morgan fingerprint density at radius 1 is 0.920 bits per heavy atom. The zero-order chi connectivity index (χ0) is 18.2. The fourth-order valence-corrected chi connectivity index (χ4v) is 2.22. The van der Waals surface area contributed by atoms with Gasteiger partial charge in [-0.2, -0.15) is 8.78 Å². The van der Waals surface area contributed by atoms with Crippen molar-refractivity contribution in [2.45, 2.75) is 6.61 Å². The number of rotatable bonds is 4. The van der Waals surface area contributed by atoms with Crippen molar-refractivity contribution in [2.24, 2.45) is 0 Å². The van der Waals surface area contributed by atoms with E-state index in [4.69, 9.17) is 36.0 Å². The molecule has 0 atom stereocenters. The summed E-state index contributed by atoms with van der Waals surface area (Å²) in [6, 6.07) is 13.0. The van der Waals surface area contributed by atoms with Crippen LogP contribution in [0, 0.1) is 0 Å². The predicted molar refractivity (Wildman–Crippen MR) is 103 cm³/mol. The number of para-hydroxylation sites is 1. The van der Waals surface area contributed by atoms with E-state index in [0.717, 1.165) is 0 Å². The first-order chi connectivity index (χ1) is 11.9. The standard InChI is InChI=1S/C15H13ClF2N4OS2/c16-11-3-1-2-4-12(11)20-15(25)22-21-14(24)19-9-5-7-10(8-6-9)23-13(17)18/h1-8,13H,(H2,19,21,24)(H2,20,22,25). The summed E-state index contributed by atoms with van der Waals surface area (Å²) in [4.78, 5) is 0. The molecule has 0 radical (unpaired) electrons. The van der Waals surface area contributed by atoms with E-state index in [2.05, 4.69) is 26.2 Å². The highest BCUT2D eigenvalue weighted by Gasteiger charge is 2.05. The number of hydrazine groups is 1. The quantitative estimate of drug-likeness (QED) is 0.453. The van der Waals surface area contributed by atoms with Gasteiger partial charge in [-0.25, -0.2) is 0 Å². The van der Waals surface area contributed by atoms with Crippen LogP contribution in [0.3, 0.4) is 0 Å². The number of hydrogen-bond donors (Lipinski definition) is 4. The molecule has 132 valence electrons. The van der Waals surface area contributed by atoms with Gasteiger partial charge in [-0.05, 0) is 60.8 Å². The summed E-state index contributed by atoms with van der Waals surface area (Å²) in [6.45, 7) is -2.86. The van der Waals surface area contributed by atoms with Gasteiger partial charge in [-0.1, -0.05) is 23.7 Å². The number of anilines is 2. The van der Waals surface area contributed by atoms with Gasteiger partial charge < -0.3 is 15.4 Å². The first-order valence-electron chi connectivity index (χ1n) is 6.87. The average molecular weight is 403 g/mol. The Labute approximate surface area is 158 Å². The monoisotopic (exact) mass is 402 g/mol. The fourth-order valence-electron chi connectivity index (χ4n) is 1.71. The SMILES string of the molecule is FC(F)Oc1ccc(NC(=S)NNC(=S)Nc2ccccc2Cl)cc1. The van der Waals surface area contributed by atoms with E-state index in [-0.39, 0.29) is 16.0 Å². The highest BCUT2D eigenvalue weighted by Crippen LogP contribution is 2.20. The van der Waals surface area contributed by atoms with E-state index in [1.807, 2.05) is 6.07 Å². The molecule has 0 aromatic heterocycles. The van der Waals surface area contributed by atoms with Crippen molar-refractivity contribution in [3.63, 3.8) is 0 Å². The highest BCUT2D eigenvalue weighted by atomic mass is 35.5. The third-order valence-electron chi connectivity index (χ3n) is 2.75. The summed E-state index contributed by atoms with van der Waals surface area (Å²) in [5.41, 5.74) is 6.63. The van der Waals surface area contributed by atoms with E-state index in [0.29, 0.717) is 16.4 Å². The Morgan fingerprint density at radius 3 is 2.12 bits per heavy atom. The lowest BCUT2D eigenvalue weighted by Crippen LogP contribution is -2.45. The molecule has 0 saturated heterocycles. The Balaban J connectivity index is 1.78. The van der Waals surface area contributed by atoms with Crippen molar-refractivity contribution in [2.75, 3.05) is 10.6 Å². The van der Waals surface area contributed by atoms with Crippen molar-refractivity contribution < 1.29 is 13.5 Å². The minimum absolute atomic E-state index is 0.0580. The largest absolute Gasteiger partial charge is 0.435 e. The lowest BCUT2D eigenvalue weighted by Gasteiger charge is -2.15. The van der Waals surface area contributed by atoms with Crippen LogP contribution in [0.2, 0.25) is 5.02 Å². The summed E-state index contributed by atoms with van der Waals surface area (Å²) < 4.78 is 28.4. The molecule has 0 aliphatic rings. The van der Waals surface area contributed by atoms with Crippen LogP contribution in [-0.4, -0.2) is 16.8 Å². The Morgan fingerprint density at radius 2 is 1.52 bits per heavy atom. The Hall–Kier alpha value is -2.23. The third kappa shape index (κ3) is 6.65. The molecule has 0 saturated carbocycles. The first kappa shape index (κ1) is 19.1. The van der Waals surface area contributed by atoms with Gasteiger partial charge >= 0.3 is 6.61 Å². The van der Waals surface area contributed by atoms with Gasteiger partial charge in [0.25, 0.3) is 0 Å². The van der Waals surface area contributed by atoms with Crippen LogP contribution in [-0.2, 0) is 0 Å². The summed E-state index contributed by atoms with van der Waals surface area (Å²) >= 11 is 16.2. The molecular formula is C15H13ClF2N4OS2. The summed E-state index contributed by atoms with van der Waals surface area (Å²) in [5, 5.41) is 6.78. The van der Waals surface area contributed by atoms with Gasteiger partial charge in [0.15, 0.2) is 10.2 Å². The lowest BCUT2D eigenvalue weighted by atomic mass is 10.3. The van der Waals surface area contributed by atoms with Crippen LogP contribution in [0.25, 0.3) is 0 Å². The molecule has 0 unspecified atom stereocenters. The maximum absolute atomic E-state index is 12.1. The van der Waals surface area contributed by atoms with Crippen LogP contribution >= 0.6 is 36.0 Å². The molecule has 0 amide bonds. The van der Waals surface area contributed by atoms with Gasteiger partial charge in [0.05, 0.1) is 10.7 Å². The van der Waals surface area contributed by atoms with Gasteiger partial charge in [-0.15, -0.1) is 0 Å². The molecule has 2 rings (SSSR count). The topological polar surface area (TPSA) is 57.4 Å². The van der Waals surface area contributed by atoms with Crippen molar-refractivity contribution in [1.29, 1.82) is 0 Å². The molecule has 10 heteroatoms. The molecule has 0 spiro atoms. The van der Waals surface area contributed by atoms with Gasteiger partial charge in [0, 0.05) is 5.69 Å². The molecule has 4 N–H and O–H groups in total. The first-order valence-corrected chi connectivity index (χ1v) is 8.07. The van der Waals surface area contributed by atoms with Crippen LogP contribution in [0.5, 0.6) is 5.75 Å². The molecule has 2 aromatic rings. The van der Waals surface area contributed by atoms with E-state index in [1.165, 1.54) is 12.1 Å². The van der Waals surface area contributed by atoms with Crippen LogP contribution < -0.4 is 26.2 Å². The lowest BCUT2D eigenvalue weighted by molar-refractivity contribution is -0.0498. The molecule has 25 heavy (non-hydrogen) atoms. The van der Waals surface area contributed by atoms with E-state index < -0.39 is 6.61 Å². The Bertz CT molecular complexity index is 747. The second kappa shape index (κ2) is 9.30. The van der Waals surface area contributed by atoms with Crippen molar-refractivity contribution in [1.82, 2.24) is 10.9 Å². The van der Waals surface area contributed by atoms with Crippen molar-refractivity contribution in [3.05, 3.63) is 53.6 Å². The molecular weight excluding hydrogens is 390 g/mol. The normalized spacial score (nSPS) is 10.1. The van der Waals surface area contributed by atoms with Crippen LogP contribution in [0.4, 0.5) is 20.2 Å². The average Bonchev–Trinajstić information content (AvgIpc) is 2.56. The van der Waals surface area contributed by atoms with Gasteiger partial charge in [0.2, 0.25) is 0 Å². The fraction of sp³-hybridized carbons (Fsp3) is 0.0667. The van der Waals surface area contributed by atoms with Crippen LogP contribution in [0.15, 0.2) is 48.5 Å². The van der Waals surface area contributed by atoms with Crippen LogP contribution in [0.1, 0.15) is 0 Å². The molecule has 2 aromatic carbocycles. The van der Waals surface area contributed by atoms with Crippen molar-refractivity contribution >= 4 is 57.6 Å². The Kier molecular flexibility index (Phi) is 7.11.